The van der Waals surface area contributed by atoms with Gasteiger partial charge in [0.05, 0.1) is 13.3 Å². The van der Waals surface area contributed by atoms with Crippen molar-refractivity contribution in [3.63, 3.8) is 0 Å². The predicted molar refractivity (Wildman–Crippen MR) is 80.2 cm³/mol. The molecule has 0 radical (unpaired) electrons. The first-order valence-corrected chi connectivity index (χ1v) is 6.75. The van der Waals surface area contributed by atoms with Crippen molar-refractivity contribution in [3.8, 4) is 5.75 Å². The van der Waals surface area contributed by atoms with Crippen molar-refractivity contribution in [3.05, 3.63) is 52.3 Å². The number of nitrogens with one attached hydrogen (secondary N) is 2. The van der Waals surface area contributed by atoms with Crippen LogP contribution in [0.3, 0.4) is 0 Å². The molecule has 0 atom stereocenters. The van der Waals surface area contributed by atoms with Gasteiger partial charge in [0.15, 0.2) is 0 Å². The Kier molecular flexibility index (Phi) is 4.95. The summed E-state index contributed by atoms with van der Waals surface area (Å²) in [5.74, 6) is 0.542. The van der Waals surface area contributed by atoms with E-state index in [-0.39, 0.29) is 5.91 Å². The van der Waals surface area contributed by atoms with Crippen LogP contribution < -0.4 is 10.1 Å². The van der Waals surface area contributed by atoms with Gasteiger partial charge in [-0.2, -0.15) is 5.10 Å². The normalized spacial score (nSPS) is 10.7. The number of halogens is 1. The number of aromatic nitrogens is 2. The van der Waals surface area contributed by atoms with Crippen LogP contribution in [-0.2, 0) is 11.3 Å². The van der Waals surface area contributed by atoms with Crippen molar-refractivity contribution >= 4 is 27.9 Å². The van der Waals surface area contributed by atoms with Crippen LogP contribution in [0.2, 0.25) is 0 Å². The minimum absolute atomic E-state index is 0.173. The number of aromatic amines is 1. The zero-order valence-corrected chi connectivity index (χ0v) is 12.5. The van der Waals surface area contributed by atoms with Crippen molar-refractivity contribution in [1.29, 1.82) is 0 Å². The smallest absolute Gasteiger partial charge is 0.244 e. The van der Waals surface area contributed by atoms with E-state index in [1.807, 2.05) is 18.2 Å². The molecular weight excluding hydrogens is 322 g/mol. The summed E-state index contributed by atoms with van der Waals surface area (Å²) in [4.78, 5) is 11.7. The summed E-state index contributed by atoms with van der Waals surface area (Å²) in [6, 6.07) is 5.61. The fourth-order valence-electron chi connectivity index (χ4n) is 1.62. The average Bonchev–Trinajstić information content (AvgIpc) is 2.96. The second-order valence-corrected chi connectivity index (χ2v) is 4.96. The number of rotatable bonds is 5. The third-order valence-electron chi connectivity index (χ3n) is 2.63. The van der Waals surface area contributed by atoms with Gasteiger partial charge in [0, 0.05) is 34.4 Å². The molecule has 0 aliphatic rings. The molecule has 6 heteroatoms. The minimum Gasteiger partial charge on any atom is -0.496 e. The fourth-order valence-corrected chi connectivity index (χ4v) is 2.00. The summed E-state index contributed by atoms with van der Waals surface area (Å²) in [7, 11) is 1.60. The van der Waals surface area contributed by atoms with Crippen LogP contribution in [0.15, 0.2) is 41.1 Å². The van der Waals surface area contributed by atoms with Gasteiger partial charge in [0.25, 0.3) is 0 Å². The highest BCUT2D eigenvalue weighted by molar-refractivity contribution is 9.10. The first-order valence-electron chi connectivity index (χ1n) is 5.96. The summed E-state index contributed by atoms with van der Waals surface area (Å²) in [5.41, 5.74) is 1.76. The Hall–Kier alpha value is -2.08. The topological polar surface area (TPSA) is 67.0 Å². The molecule has 0 saturated heterocycles. The number of H-pyrrole nitrogens is 1. The van der Waals surface area contributed by atoms with Crippen LogP contribution in [-0.4, -0.2) is 23.2 Å². The number of nitrogens with zero attached hydrogens (tertiary/aromatic N) is 1. The first-order chi connectivity index (χ1) is 9.69. The molecule has 2 rings (SSSR count). The van der Waals surface area contributed by atoms with Gasteiger partial charge in [0.1, 0.15) is 5.75 Å². The van der Waals surface area contributed by atoms with E-state index < -0.39 is 0 Å². The summed E-state index contributed by atoms with van der Waals surface area (Å²) in [5, 5.41) is 9.27. The standard InChI is InChI=1S/C14H14BrN3O2/c1-20-13-4-3-12(15)6-11(13)2-5-14(19)16-7-10-8-17-18-9-10/h2-6,8-9H,7H2,1H3,(H,16,19)(H,17,18)/b5-2+. The van der Waals surface area contributed by atoms with Crippen molar-refractivity contribution < 1.29 is 9.53 Å². The number of benzene rings is 1. The molecule has 20 heavy (non-hydrogen) atoms. The maximum absolute atomic E-state index is 11.7. The lowest BCUT2D eigenvalue weighted by atomic mass is 10.2. The molecule has 0 unspecified atom stereocenters. The summed E-state index contributed by atoms with van der Waals surface area (Å²) >= 11 is 3.39. The minimum atomic E-state index is -0.173. The van der Waals surface area contributed by atoms with Gasteiger partial charge >= 0.3 is 0 Å². The number of methoxy groups -OCH3 is 1. The number of hydrogen-bond acceptors (Lipinski definition) is 3. The third kappa shape index (κ3) is 3.96. The highest BCUT2D eigenvalue weighted by Crippen LogP contribution is 2.23. The predicted octanol–water partition coefficient (Wildman–Crippen LogP) is 2.51. The molecule has 0 fully saturated rings. The van der Waals surface area contributed by atoms with Crippen molar-refractivity contribution in [2.24, 2.45) is 0 Å². The molecule has 1 aromatic carbocycles. The van der Waals surface area contributed by atoms with Crippen molar-refractivity contribution in [1.82, 2.24) is 15.5 Å². The lowest BCUT2D eigenvalue weighted by Gasteiger charge is -2.05. The second-order valence-electron chi connectivity index (χ2n) is 4.04. The summed E-state index contributed by atoms with van der Waals surface area (Å²) in [6.45, 7) is 0.440. The second kappa shape index (κ2) is 6.91. The number of hydrogen-bond donors (Lipinski definition) is 2. The molecular formula is C14H14BrN3O2. The lowest BCUT2D eigenvalue weighted by Crippen LogP contribution is -2.19. The van der Waals surface area contributed by atoms with E-state index in [4.69, 9.17) is 4.74 Å². The molecule has 0 aliphatic carbocycles. The third-order valence-corrected chi connectivity index (χ3v) is 3.12. The molecule has 1 heterocycles. The van der Waals surface area contributed by atoms with Crippen LogP contribution in [0.4, 0.5) is 0 Å². The Morgan fingerprint density at radius 2 is 2.40 bits per heavy atom. The van der Waals surface area contributed by atoms with Gasteiger partial charge in [-0.05, 0) is 24.3 Å². The molecule has 1 amide bonds. The van der Waals surface area contributed by atoms with Gasteiger partial charge < -0.3 is 10.1 Å². The van der Waals surface area contributed by atoms with E-state index in [9.17, 15) is 4.79 Å². The molecule has 104 valence electrons. The van der Waals surface area contributed by atoms with Crippen molar-refractivity contribution in [2.75, 3.05) is 7.11 Å². The Morgan fingerprint density at radius 3 is 3.10 bits per heavy atom. The quantitative estimate of drug-likeness (QED) is 0.825. The van der Waals surface area contributed by atoms with E-state index in [0.29, 0.717) is 12.3 Å². The molecule has 0 spiro atoms. The maximum atomic E-state index is 11.7. The highest BCUT2D eigenvalue weighted by atomic mass is 79.9. The molecule has 0 bridgehead atoms. The Balaban J connectivity index is 1.98. The molecule has 2 N–H and O–H groups in total. The average molecular weight is 336 g/mol. The van der Waals surface area contributed by atoms with Crippen LogP contribution in [0.25, 0.3) is 6.08 Å². The molecule has 5 nitrogen and oxygen atoms in total. The zero-order chi connectivity index (χ0) is 14.4. The number of carbonyl (C=O) groups is 1. The van der Waals surface area contributed by atoms with Crippen LogP contribution >= 0.6 is 15.9 Å². The lowest BCUT2D eigenvalue weighted by molar-refractivity contribution is -0.116. The fraction of sp³-hybridized carbons (Fsp3) is 0.143. The van der Waals surface area contributed by atoms with Crippen LogP contribution in [0, 0.1) is 0 Å². The van der Waals surface area contributed by atoms with Gasteiger partial charge in [0.2, 0.25) is 5.91 Å². The maximum Gasteiger partial charge on any atom is 0.244 e. The largest absolute Gasteiger partial charge is 0.496 e. The van der Waals surface area contributed by atoms with E-state index >= 15 is 0 Å². The Bertz CT molecular complexity index is 609. The number of carbonyl (C=O) groups excluding carboxylic acids is 1. The molecule has 1 aromatic heterocycles. The number of ether oxygens (including phenoxy) is 1. The van der Waals surface area contributed by atoms with E-state index in [1.165, 1.54) is 6.08 Å². The summed E-state index contributed by atoms with van der Waals surface area (Å²) < 4.78 is 6.16. The Morgan fingerprint density at radius 1 is 1.55 bits per heavy atom. The van der Waals surface area contributed by atoms with E-state index in [0.717, 1.165) is 15.6 Å². The van der Waals surface area contributed by atoms with Gasteiger partial charge in [-0.25, -0.2) is 0 Å². The van der Waals surface area contributed by atoms with Crippen LogP contribution in [0.5, 0.6) is 5.75 Å². The molecule has 2 aromatic rings. The number of amides is 1. The zero-order valence-electron chi connectivity index (χ0n) is 10.9. The monoisotopic (exact) mass is 335 g/mol. The summed E-state index contributed by atoms with van der Waals surface area (Å²) in [6.07, 6.45) is 6.60. The first kappa shape index (κ1) is 14.3. The molecule has 0 aliphatic heterocycles. The Labute approximate surface area is 125 Å². The highest BCUT2D eigenvalue weighted by Gasteiger charge is 2.02. The van der Waals surface area contributed by atoms with Gasteiger partial charge in [-0.1, -0.05) is 15.9 Å². The molecule has 0 saturated carbocycles. The van der Waals surface area contributed by atoms with Crippen molar-refractivity contribution in [2.45, 2.75) is 6.54 Å². The van der Waals surface area contributed by atoms with Gasteiger partial charge in [-0.15, -0.1) is 0 Å². The SMILES string of the molecule is COc1ccc(Br)cc1/C=C/C(=O)NCc1cn[nH]c1. The van der Waals surface area contributed by atoms with Crippen LogP contribution in [0.1, 0.15) is 11.1 Å². The van der Waals surface area contributed by atoms with Gasteiger partial charge in [-0.3, -0.25) is 9.89 Å². The van der Waals surface area contributed by atoms with E-state index in [1.54, 1.807) is 25.6 Å². The van der Waals surface area contributed by atoms with E-state index in [2.05, 4.69) is 31.4 Å².